The second-order valence-electron chi connectivity index (χ2n) is 6.97. The molecule has 0 spiro atoms. The summed E-state index contributed by atoms with van der Waals surface area (Å²) in [6.45, 7) is 1.56. The maximum atomic E-state index is 10.6. The lowest BCUT2D eigenvalue weighted by Gasteiger charge is -2.34. The first kappa shape index (κ1) is 17.8. The Kier molecular flexibility index (Phi) is 4.73. The van der Waals surface area contributed by atoms with Gasteiger partial charge in [0.05, 0.1) is 17.1 Å². The van der Waals surface area contributed by atoms with Gasteiger partial charge in [0.1, 0.15) is 17.7 Å². The Hall–Kier alpha value is -2.62. The monoisotopic (exact) mass is 381 g/mol. The number of aliphatic hydroxyl groups is 1. The first-order valence-corrected chi connectivity index (χ1v) is 9.35. The van der Waals surface area contributed by atoms with Crippen molar-refractivity contribution in [3.8, 4) is 6.07 Å². The summed E-state index contributed by atoms with van der Waals surface area (Å²) in [5.74, 6) is 1.67. The van der Waals surface area contributed by atoms with E-state index in [1.54, 1.807) is 18.3 Å². The van der Waals surface area contributed by atoms with Crippen molar-refractivity contribution in [2.24, 2.45) is 13.0 Å². The van der Waals surface area contributed by atoms with Crippen LogP contribution in [0.2, 0.25) is 5.02 Å². The molecule has 0 amide bonds. The lowest BCUT2D eigenvalue weighted by molar-refractivity contribution is 0.0824. The number of nitrogens with zero attached hydrogens (tertiary/aromatic N) is 5. The zero-order chi connectivity index (χ0) is 19.0. The number of anilines is 1. The zero-order valence-corrected chi connectivity index (χ0v) is 15.8. The van der Waals surface area contributed by atoms with Crippen LogP contribution in [0.3, 0.4) is 0 Å². The predicted molar refractivity (Wildman–Crippen MR) is 105 cm³/mol. The van der Waals surface area contributed by atoms with Crippen LogP contribution in [-0.4, -0.2) is 32.7 Å². The molecule has 3 heterocycles. The SMILES string of the molecule is Cn1ccnc1C(O)C1CCN(c2cc(C#N)c3cc(Cl)ccc3n2)CC1. The van der Waals surface area contributed by atoms with Crippen LogP contribution in [0.25, 0.3) is 10.9 Å². The fourth-order valence-corrected chi connectivity index (χ4v) is 3.93. The van der Waals surface area contributed by atoms with Gasteiger partial charge in [0.25, 0.3) is 0 Å². The van der Waals surface area contributed by atoms with Crippen molar-refractivity contribution in [3.05, 3.63) is 53.1 Å². The third-order valence-corrected chi connectivity index (χ3v) is 5.55. The summed E-state index contributed by atoms with van der Waals surface area (Å²) in [6.07, 6.45) is 4.69. The number of halogens is 1. The molecule has 27 heavy (non-hydrogen) atoms. The van der Waals surface area contributed by atoms with E-state index in [4.69, 9.17) is 16.6 Å². The summed E-state index contributed by atoms with van der Waals surface area (Å²) in [7, 11) is 1.90. The molecule has 6 nitrogen and oxygen atoms in total. The van der Waals surface area contributed by atoms with E-state index in [2.05, 4.69) is 16.0 Å². The summed E-state index contributed by atoms with van der Waals surface area (Å²) >= 11 is 6.06. The van der Waals surface area contributed by atoms with Crippen LogP contribution in [0.15, 0.2) is 36.7 Å². The van der Waals surface area contributed by atoms with Crippen molar-refractivity contribution in [3.63, 3.8) is 0 Å². The van der Waals surface area contributed by atoms with Crippen LogP contribution >= 0.6 is 11.6 Å². The van der Waals surface area contributed by atoms with Crippen molar-refractivity contribution >= 4 is 28.3 Å². The van der Waals surface area contributed by atoms with Gasteiger partial charge >= 0.3 is 0 Å². The van der Waals surface area contributed by atoms with Gasteiger partial charge in [-0.1, -0.05) is 11.6 Å². The lowest BCUT2D eigenvalue weighted by Crippen LogP contribution is -2.36. The first-order valence-electron chi connectivity index (χ1n) is 8.97. The maximum absolute atomic E-state index is 10.6. The minimum absolute atomic E-state index is 0.164. The zero-order valence-electron chi connectivity index (χ0n) is 15.0. The molecule has 1 aliphatic rings. The van der Waals surface area contributed by atoms with Crippen LogP contribution in [-0.2, 0) is 7.05 Å². The Morgan fingerprint density at radius 2 is 2.07 bits per heavy atom. The lowest BCUT2D eigenvalue weighted by atomic mass is 9.90. The van der Waals surface area contributed by atoms with Gasteiger partial charge in [-0.05, 0) is 43.0 Å². The average Bonchev–Trinajstić information content (AvgIpc) is 3.12. The van der Waals surface area contributed by atoms with Crippen LogP contribution in [0.4, 0.5) is 5.82 Å². The van der Waals surface area contributed by atoms with Crippen LogP contribution < -0.4 is 4.90 Å². The van der Waals surface area contributed by atoms with Crippen molar-refractivity contribution < 1.29 is 5.11 Å². The van der Waals surface area contributed by atoms with Crippen molar-refractivity contribution in [2.75, 3.05) is 18.0 Å². The Morgan fingerprint density at radius 1 is 1.30 bits per heavy atom. The number of nitriles is 1. The number of aromatic nitrogens is 3. The predicted octanol–water partition coefficient (Wildman–Crippen LogP) is 3.44. The molecule has 0 radical (unpaired) electrons. The van der Waals surface area contributed by atoms with Gasteiger partial charge in [-0.15, -0.1) is 0 Å². The number of aryl methyl sites for hydroxylation is 1. The van der Waals surface area contributed by atoms with E-state index < -0.39 is 6.10 Å². The standard InChI is InChI=1S/C20H20ClN5O/c1-25-9-6-23-20(25)19(27)13-4-7-26(8-5-13)18-10-14(12-22)16-11-15(21)2-3-17(16)24-18/h2-3,6,9-11,13,19,27H,4-5,7-8H2,1H3. The highest BCUT2D eigenvalue weighted by Crippen LogP contribution is 2.32. The highest BCUT2D eigenvalue weighted by molar-refractivity contribution is 6.31. The van der Waals surface area contributed by atoms with E-state index in [1.807, 2.05) is 29.9 Å². The van der Waals surface area contributed by atoms with Gasteiger partial charge in [-0.2, -0.15) is 5.26 Å². The molecule has 1 N–H and O–H groups in total. The van der Waals surface area contributed by atoms with Crippen molar-refractivity contribution in [2.45, 2.75) is 18.9 Å². The van der Waals surface area contributed by atoms with Gasteiger partial charge in [-0.3, -0.25) is 0 Å². The van der Waals surface area contributed by atoms with Gasteiger partial charge in [0.2, 0.25) is 0 Å². The Labute approximate surface area is 162 Å². The summed E-state index contributed by atoms with van der Waals surface area (Å²) in [4.78, 5) is 11.2. The highest BCUT2D eigenvalue weighted by atomic mass is 35.5. The summed E-state index contributed by atoms with van der Waals surface area (Å²) in [5, 5.41) is 21.5. The van der Waals surface area contributed by atoms with E-state index in [1.165, 1.54) is 0 Å². The quantitative estimate of drug-likeness (QED) is 0.751. The molecule has 0 saturated carbocycles. The van der Waals surface area contributed by atoms with Gasteiger partial charge < -0.3 is 14.6 Å². The molecule has 1 saturated heterocycles. The molecule has 1 atom stereocenters. The molecule has 1 unspecified atom stereocenters. The molecule has 1 fully saturated rings. The number of benzene rings is 1. The molecule has 1 aliphatic heterocycles. The fraction of sp³-hybridized carbons (Fsp3) is 0.350. The number of hydrogen-bond donors (Lipinski definition) is 1. The molecule has 0 bridgehead atoms. The van der Waals surface area contributed by atoms with Crippen LogP contribution in [0.5, 0.6) is 0 Å². The van der Waals surface area contributed by atoms with Crippen molar-refractivity contribution in [1.82, 2.24) is 14.5 Å². The molecule has 1 aromatic carbocycles. The third-order valence-electron chi connectivity index (χ3n) is 5.31. The van der Waals surface area contributed by atoms with Crippen LogP contribution in [0.1, 0.15) is 30.3 Å². The van der Waals surface area contributed by atoms with Gasteiger partial charge in [-0.25, -0.2) is 9.97 Å². The van der Waals surface area contributed by atoms with Gasteiger partial charge in [0, 0.05) is 42.9 Å². The second kappa shape index (κ2) is 7.18. The number of piperidine rings is 1. The molecule has 3 aromatic rings. The topological polar surface area (TPSA) is 78.0 Å². The fourth-order valence-electron chi connectivity index (χ4n) is 3.76. The smallest absolute Gasteiger partial charge is 0.137 e. The highest BCUT2D eigenvalue weighted by Gasteiger charge is 2.29. The Bertz CT molecular complexity index is 1020. The van der Waals surface area contributed by atoms with Gasteiger partial charge in [0.15, 0.2) is 0 Å². The van der Waals surface area contributed by atoms with E-state index in [0.29, 0.717) is 16.4 Å². The molecular formula is C20H20ClN5O. The Balaban J connectivity index is 1.54. The van der Waals surface area contributed by atoms with Crippen molar-refractivity contribution in [1.29, 1.82) is 5.26 Å². The van der Waals surface area contributed by atoms with E-state index >= 15 is 0 Å². The summed E-state index contributed by atoms with van der Waals surface area (Å²) in [5.41, 5.74) is 1.34. The first-order chi connectivity index (χ1) is 13.1. The normalized spacial score (nSPS) is 16.4. The molecular weight excluding hydrogens is 362 g/mol. The number of imidazole rings is 1. The number of pyridine rings is 1. The number of hydrogen-bond acceptors (Lipinski definition) is 5. The van der Waals surface area contributed by atoms with Crippen LogP contribution in [0, 0.1) is 17.2 Å². The molecule has 0 aliphatic carbocycles. The third kappa shape index (κ3) is 3.36. The second-order valence-corrected chi connectivity index (χ2v) is 7.40. The summed E-state index contributed by atoms with van der Waals surface area (Å²) in [6, 6.07) is 9.49. The largest absolute Gasteiger partial charge is 0.385 e. The molecule has 4 rings (SSSR count). The molecule has 2 aromatic heterocycles. The van der Waals surface area contributed by atoms with E-state index in [-0.39, 0.29) is 5.92 Å². The molecule has 138 valence electrons. The number of rotatable bonds is 3. The summed E-state index contributed by atoms with van der Waals surface area (Å²) < 4.78 is 1.87. The average molecular weight is 382 g/mol. The minimum Gasteiger partial charge on any atom is -0.385 e. The molecule has 7 heteroatoms. The minimum atomic E-state index is -0.562. The number of fused-ring (bicyclic) bond motifs is 1. The number of aliphatic hydroxyl groups excluding tert-OH is 1. The van der Waals surface area contributed by atoms with E-state index in [9.17, 15) is 10.4 Å². The Morgan fingerprint density at radius 3 is 2.74 bits per heavy atom. The maximum Gasteiger partial charge on any atom is 0.137 e. The van der Waals surface area contributed by atoms with E-state index in [0.717, 1.165) is 42.7 Å².